The van der Waals surface area contributed by atoms with Crippen LogP contribution in [-0.4, -0.2) is 13.9 Å². The van der Waals surface area contributed by atoms with Crippen LogP contribution in [0, 0.1) is 6.92 Å². The van der Waals surface area contributed by atoms with E-state index >= 15 is 0 Å². The Morgan fingerprint density at radius 1 is 1.05 bits per heavy atom. The smallest absolute Gasteiger partial charge is 0.240 e. The zero-order valence-corrected chi connectivity index (χ0v) is 14.5. The topological polar surface area (TPSA) is 104 Å². The summed E-state index contributed by atoms with van der Waals surface area (Å²) in [5.41, 5.74) is 8.47. The van der Waals surface area contributed by atoms with Crippen molar-refractivity contribution in [3.05, 3.63) is 65.2 Å². The summed E-state index contributed by atoms with van der Waals surface area (Å²) in [6.45, 7) is 2.62. The van der Waals surface area contributed by atoms with Gasteiger partial charge in [0.25, 0.3) is 0 Å². The third kappa shape index (κ3) is 5.57. The van der Waals surface area contributed by atoms with Gasteiger partial charge in [-0.05, 0) is 30.2 Å². The van der Waals surface area contributed by atoms with Crippen molar-refractivity contribution in [2.75, 3.05) is 0 Å². The summed E-state index contributed by atoms with van der Waals surface area (Å²) in [4.78, 5) is 0.276. The molecule has 0 aliphatic carbocycles. The summed E-state index contributed by atoms with van der Waals surface area (Å²) < 4.78 is 26.9. The van der Waals surface area contributed by atoms with Crippen molar-refractivity contribution in [3.63, 3.8) is 0 Å². The maximum Gasteiger partial charge on any atom is 0.240 e. The number of benzene rings is 2. The third-order valence-corrected chi connectivity index (χ3v) is 4.44. The molecule has 5 nitrogen and oxygen atoms in total. The molecule has 2 aromatic rings. The average Bonchev–Trinajstić information content (AvgIpc) is 2.46. The van der Waals surface area contributed by atoms with Crippen molar-refractivity contribution < 1.29 is 32.4 Å². The Balaban J connectivity index is 0.00000220. The van der Waals surface area contributed by atoms with E-state index in [0.717, 1.165) is 16.7 Å². The number of sulfonamides is 1. The second-order valence-corrected chi connectivity index (χ2v) is 6.43. The van der Waals surface area contributed by atoms with Gasteiger partial charge in [-0.15, -0.1) is 0 Å². The third-order valence-electron chi connectivity index (χ3n) is 3.02. The molecule has 2 rings (SSSR count). The summed E-state index contributed by atoms with van der Waals surface area (Å²) >= 11 is 0. The van der Waals surface area contributed by atoms with Crippen LogP contribution in [0.4, 0.5) is 0 Å². The van der Waals surface area contributed by atoms with E-state index in [4.69, 9.17) is 5.73 Å². The Bertz CT molecular complexity index is 688. The van der Waals surface area contributed by atoms with Crippen LogP contribution in [-0.2, 0) is 41.7 Å². The van der Waals surface area contributed by atoms with E-state index in [0.29, 0.717) is 6.54 Å². The molecule has 0 saturated heterocycles. The molecule has 119 valence electrons. The first kappa shape index (κ1) is 20.9. The van der Waals surface area contributed by atoms with Crippen LogP contribution in [0.25, 0.3) is 0 Å². The summed E-state index contributed by atoms with van der Waals surface area (Å²) in [5, 5.41) is 0. The first-order chi connectivity index (χ1) is 9.51. The van der Waals surface area contributed by atoms with E-state index in [1.54, 1.807) is 24.3 Å². The zero-order valence-electron chi connectivity index (χ0n) is 12.3. The maximum atomic E-state index is 12.1. The number of hydrogen-bond acceptors (Lipinski definition) is 3. The minimum absolute atomic E-state index is 0. The molecule has 0 aliphatic heterocycles. The van der Waals surface area contributed by atoms with Crippen LogP contribution in [0.2, 0.25) is 0 Å². The standard InChI is InChI=1S/C15H18N2O2S.H2O.V/c1-12-5-7-15(8-6-12)20(18,19)17-11-14-4-2-3-13(9-14)10-16;;/h2-9,17H,10-11,16H2,1H3;1H2;. The Morgan fingerprint density at radius 2 is 1.64 bits per heavy atom. The molecular formula is C15H20N2O3SV. The summed E-state index contributed by atoms with van der Waals surface area (Å²) in [5.74, 6) is 0. The van der Waals surface area contributed by atoms with E-state index in [1.807, 2.05) is 31.2 Å². The summed E-state index contributed by atoms with van der Waals surface area (Å²) in [6.07, 6.45) is 0. The zero-order chi connectivity index (χ0) is 14.6. The van der Waals surface area contributed by atoms with Gasteiger partial charge in [0.15, 0.2) is 0 Å². The minimum Gasteiger partial charge on any atom is -0.412 e. The largest absolute Gasteiger partial charge is 0.412 e. The van der Waals surface area contributed by atoms with Crippen LogP contribution >= 0.6 is 0 Å². The molecule has 0 aliphatic rings. The number of nitrogens with one attached hydrogen (secondary N) is 1. The average molecular weight is 359 g/mol. The van der Waals surface area contributed by atoms with Gasteiger partial charge in [0, 0.05) is 31.6 Å². The molecule has 0 fully saturated rings. The fraction of sp³-hybridized carbons (Fsp3) is 0.200. The van der Waals surface area contributed by atoms with Crippen molar-refractivity contribution in [1.82, 2.24) is 4.72 Å². The van der Waals surface area contributed by atoms with Crippen LogP contribution in [0.5, 0.6) is 0 Å². The molecule has 0 bridgehead atoms. The molecule has 5 N–H and O–H groups in total. The first-order valence-electron chi connectivity index (χ1n) is 6.35. The number of hydrogen-bond donors (Lipinski definition) is 2. The molecule has 7 heteroatoms. The molecule has 0 saturated carbocycles. The van der Waals surface area contributed by atoms with Crippen LogP contribution in [0.3, 0.4) is 0 Å². The molecule has 2 aromatic carbocycles. The summed E-state index contributed by atoms with van der Waals surface area (Å²) in [6, 6.07) is 14.3. The van der Waals surface area contributed by atoms with E-state index in [-0.39, 0.29) is 35.5 Å². The fourth-order valence-corrected chi connectivity index (χ4v) is 2.86. The van der Waals surface area contributed by atoms with Crippen molar-refractivity contribution in [3.8, 4) is 0 Å². The van der Waals surface area contributed by atoms with Gasteiger partial charge in [0.05, 0.1) is 4.90 Å². The van der Waals surface area contributed by atoms with Crippen LogP contribution < -0.4 is 10.5 Å². The Morgan fingerprint density at radius 3 is 2.23 bits per heavy atom. The Kier molecular flexibility index (Phi) is 8.62. The maximum absolute atomic E-state index is 12.1. The van der Waals surface area contributed by atoms with Gasteiger partial charge < -0.3 is 11.2 Å². The van der Waals surface area contributed by atoms with Gasteiger partial charge >= 0.3 is 0 Å². The SMILES string of the molecule is Cc1ccc(S(=O)(=O)NCc2cccc(CN)c2)cc1.O.[V]. The molecule has 0 unspecified atom stereocenters. The van der Waals surface area contributed by atoms with Crippen molar-refractivity contribution >= 4 is 10.0 Å². The van der Waals surface area contributed by atoms with E-state index in [1.165, 1.54) is 0 Å². The summed E-state index contributed by atoms with van der Waals surface area (Å²) in [7, 11) is -3.48. The molecule has 0 spiro atoms. The van der Waals surface area contributed by atoms with Crippen molar-refractivity contribution in [1.29, 1.82) is 0 Å². The minimum atomic E-state index is -3.48. The molecular weight excluding hydrogens is 339 g/mol. The Labute approximate surface area is 143 Å². The van der Waals surface area contributed by atoms with Gasteiger partial charge in [0.2, 0.25) is 10.0 Å². The molecule has 0 aromatic heterocycles. The van der Waals surface area contributed by atoms with E-state index in [9.17, 15) is 8.42 Å². The van der Waals surface area contributed by atoms with E-state index < -0.39 is 10.0 Å². The normalized spacial score (nSPS) is 10.5. The first-order valence-corrected chi connectivity index (χ1v) is 7.84. The molecule has 22 heavy (non-hydrogen) atoms. The van der Waals surface area contributed by atoms with Gasteiger partial charge in [-0.25, -0.2) is 13.1 Å². The van der Waals surface area contributed by atoms with Crippen molar-refractivity contribution in [2.24, 2.45) is 5.73 Å². The molecule has 0 heterocycles. The van der Waals surface area contributed by atoms with E-state index in [2.05, 4.69) is 4.72 Å². The number of nitrogens with two attached hydrogens (primary N) is 1. The van der Waals surface area contributed by atoms with Gasteiger partial charge in [-0.3, -0.25) is 0 Å². The number of aryl methyl sites for hydroxylation is 1. The predicted molar refractivity (Wildman–Crippen MR) is 83.2 cm³/mol. The Hall–Kier alpha value is -1.15. The second kappa shape index (κ2) is 9.10. The second-order valence-electron chi connectivity index (χ2n) is 4.66. The van der Waals surface area contributed by atoms with Gasteiger partial charge in [-0.1, -0.05) is 42.0 Å². The monoisotopic (exact) mass is 359 g/mol. The van der Waals surface area contributed by atoms with Gasteiger partial charge in [-0.2, -0.15) is 0 Å². The predicted octanol–water partition coefficient (Wildman–Crippen LogP) is 1.11. The van der Waals surface area contributed by atoms with Crippen LogP contribution in [0.1, 0.15) is 16.7 Å². The van der Waals surface area contributed by atoms with Gasteiger partial charge in [0.1, 0.15) is 0 Å². The van der Waals surface area contributed by atoms with Crippen LogP contribution in [0.15, 0.2) is 53.4 Å². The van der Waals surface area contributed by atoms with Crippen molar-refractivity contribution in [2.45, 2.75) is 24.9 Å². The number of rotatable bonds is 5. The molecule has 0 atom stereocenters. The molecule has 1 radical (unpaired) electrons. The molecule has 0 amide bonds. The fourth-order valence-electron chi connectivity index (χ4n) is 1.85. The quantitative estimate of drug-likeness (QED) is 0.835.